The van der Waals surface area contributed by atoms with Gasteiger partial charge in [-0.15, -0.1) is 11.3 Å². The Morgan fingerprint density at radius 2 is 1.89 bits per heavy atom. The van der Waals surface area contributed by atoms with Crippen LogP contribution in [0.2, 0.25) is 0 Å². The number of nitrogens with one attached hydrogen (secondary N) is 1. The SMILES string of the molecule is O=C(Nc1ccc(C(=O)N2CCCCC2)s1)C1CC1. The molecule has 19 heavy (non-hydrogen) atoms. The lowest BCUT2D eigenvalue weighted by Gasteiger charge is -2.26. The molecule has 0 aromatic carbocycles. The van der Waals surface area contributed by atoms with Gasteiger partial charge < -0.3 is 10.2 Å². The van der Waals surface area contributed by atoms with Crippen LogP contribution in [0.5, 0.6) is 0 Å². The molecule has 0 atom stereocenters. The van der Waals surface area contributed by atoms with Gasteiger partial charge in [-0.3, -0.25) is 9.59 Å². The third-order valence-electron chi connectivity index (χ3n) is 3.65. The van der Waals surface area contributed by atoms with Crippen molar-refractivity contribution in [2.75, 3.05) is 18.4 Å². The monoisotopic (exact) mass is 278 g/mol. The predicted octanol–water partition coefficient (Wildman–Crippen LogP) is 2.72. The van der Waals surface area contributed by atoms with E-state index in [4.69, 9.17) is 0 Å². The fourth-order valence-electron chi connectivity index (χ4n) is 2.34. The molecule has 1 aromatic heterocycles. The minimum atomic E-state index is 0.0961. The molecule has 2 amide bonds. The maximum atomic E-state index is 12.3. The zero-order valence-corrected chi connectivity index (χ0v) is 11.7. The molecule has 0 spiro atoms. The molecule has 2 fully saturated rings. The zero-order chi connectivity index (χ0) is 13.2. The minimum Gasteiger partial charge on any atom is -0.338 e. The van der Waals surface area contributed by atoms with Crippen molar-refractivity contribution in [2.45, 2.75) is 32.1 Å². The van der Waals surface area contributed by atoms with Crippen molar-refractivity contribution < 1.29 is 9.59 Å². The van der Waals surface area contributed by atoms with E-state index in [1.54, 1.807) is 0 Å². The Morgan fingerprint density at radius 1 is 1.16 bits per heavy atom. The quantitative estimate of drug-likeness (QED) is 0.924. The van der Waals surface area contributed by atoms with Crippen LogP contribution in [-0.4, -0.2) is 29.8 Å². The molecule has 102 valence electrons. The third-order valence-corrected chi connectivity index (χ3v) is 4.64. The summed E-state index contributed by atoms with van der Waals surface area (Å²) in [4.78, 5) is 26.6. The van der Waals surface area contributed by atoms with Crippen LogP contribution < -0.4 is 5.32 Å². The smallest absolute Gasteiger partial charge is 0.263 e. The van der Waals surface area contributed by atoms with Gasteiger partial charge in [-0.05, 0) is 44.2 Å². The number of likely N-dealkylation sites (tertiary alicyclic amines) is 1. The fourth-order valence-corrected chi connectivity index (χ4v) is 3.22. The third kappa shape index (κ3) is 2.97. The maximum absolute atomic E-state index is 12.3. The summed E-state index contributed by atoms with van der Waals surface area (Å²) in [5.74, 6) is 0.402. The van der Waals surface area contributed by atoms with E-state index >= 15 is 0 Å². The van der Waals surface area contributed by atoms with E-state index in [-0.39, 0.29) is 17.7 Å². The first-order valence-electron chi connectivity index (χ1n) is 6.94. The molecule has 5 heteroatoms. The average molecular weight is 278 g/mol. The highest BCUT2D eigenvalue weighted by atomic mass is 32.1. The molecule has 1 aromatic rings. The van der Waals surface area contributed by atoms with Crippen molar-refractivity contribution >= 4 is 28.2 Å². The van der Waals surface area contributed by atoms with Gasteiger partial charge in [-0.2, -0.15) is 0 Å². The molecule has 2 aliphatic rings. The minimum absolute atomic E-state index is 0.0961. The molecule has 1 aliphatic heterocycles. The van der Waals surface area contributed by atoms with Gasteiger partial charge in [-0.25, -0.2) is 0 Å². The lowest BCUT2D eigenvalue weighted by Crippen LogP contribution is -2.35. The van der Waals surface area contributed by atoms with Crippen LogP contribution in [0.1, 0.15) is 41.8 Å². The number of amides is 2. The molecule has 1 aliphatic carbocycles. The van der Waals surface area contributed by atoms with E-state index in [0.717, 1.165) is 48.7 Å². The van der Waals surface area contributed by atoms with Gasteiger partial charge in [-0.1, -0.05) is 0 Å². The van der Waals surface area contributed by atoms with Gasteiger partial charge in [0.25, 0.3) is 5.91 Å². The van der Waals surface area contributed by atoms with Gasteiger partial charge in [0, 0.05) is 19.0 Å². The largest absolute Gasteiger partial charge is 0.338 e. The topological polar surface area (TPSA) is 49.4 Å². The summed E-state index contributed by atoms with van der Waals surface area (Å²) >= 11 is 1.38. The summed E-state index contributed by atoms with van der Waals surface area (Å²) in [7, 11) is 0. The summed E-state index contributed by atoms with van der Waals surface area (Å²) in [5, 5.41) is 3.68. The van der Waals surface area contributed by atoms with Crippen LogP contribution in [0.15, 0.2) is 12.1 Å². The Balaban J connectivity index is 1.62. The molecule has 2 heterocycles. The van der Waals surface area contributed by atoms with E-state index < -0.39 is 0 Å². The van der Waals surface area contributed by atoms with Crippen LogP contribution in [0.4, 0.5) is 5.00 Å². The Hall–Kier alpha value is -1.36. The molecule has 4 nitrogen and oxygen atoms in total. The highest BCUT2D eigenvalue weighted by Gasteiger charge is 2.30. The van der Waals surface area contributed by atoms with Crippen molar-refractivity contribution in [3.63, 3.8) is 0 Å². The lowest BCUT2D eigenvalue weighted by molar-refractivity contribution is -0.117. The molecule has 1 N–H and O–H groups in total. The van der Waals surface area contributed by atoms with Crippen LogP contribution in [0.3, 0.4) is 0 Å². The first kappa shape index (κ1) is 12.7. The second-order valence-corrected chi connectivity index (χ2v) is 6.36. The van der Waals surface area contributed by atoms with Crippen molar-refractivity contribution in [1.29, 1.82) is 0 Å². The van der Waals surface area contributed by atoms with Crippen LogP contribution in [-0.2, 0) is 4.79 Å². The zero-order valence-electron chi connectivity index (χ0n) is 10.9. The number of carbonyl (C=O) groups is 2. The molecule has 1 saturated carbocycles. The highest BCUT2D eigenvalue weighted by Crippen LogP contribution is 2.32. The van der Waals surface area contributed by atoms with Gasteiger partial charge in [0.1, 0.15) is 0 Å². The van der Waals surface area contributed by atoms with Crippen LogP contribution in [0, 0.1) is 5.92 Å². The number of thiophene rings is 1. The Labute approximate surface area is 116 Å². The average Bonchev–Trinajstić information content (AvgIpc) is 3.20. The number of hydrogen-bond acceptors (Lipinski definition) is 3. The van der Waals surface area contributed by atoms with Crippen LogP contribution >= 0.6 is 11.3 Å². The molecular weight excluding hydrogens is 260 g/mol. The molecular formula is C14H18N2O2S. The predicted molar refractivity (Wildman–Crippen MR) is 75.4 cm³/mol. The van der Waals surface area contributed by atoms with Crippen molar-refractivity contribution in [3.8, 4) is 0 Å². The first-order chi connectivity index (χ1) is 9.24. The Morgan fingerprint density at radius 3 is 2.58 bits per heavy atom. The Bertz CT molecular complexity index is 487. The van der Waals surface area contributed by atoms with E-state index in [9.17, 15) is 9.59 Å². The normalized spacial score (nSPS) is 19.3. The maximum Gasteiger partial charge on any atom is 0.263 e. The van der Waals surface area contributed by atoms with Gasteiger partial charge in [0.05, 0.1) is 9.88 Å². The summed E-state index contributed by atoms with van der Waals surface area (Å²) in [5.41, 5.74) is 0. The summed E-state index contributed by atoms with van der Waals surface area (Å²) in [6.45, 7) is 1.72. The van der Waals surface area contributed by atoms with Crippen LogP contribution in [0.25, 0.3) is 0 Å². The van der Waals surface area contributed by atoms with Crippen molar-refractivity contribution in [3.05, 3.63) is 17.0 Å². The second kappa shape index (κ2) is 5.33. The lowest BCUT2D eigenvalue weighted by atomic mass is 10.1. The molecule has 1 saturated heterocycles. The summed E-state index contributed by atoms with van der Waals surface area (Å²) in [6.07, 6.45) is 5.41. The number of carbonyl (C=O) groups excluding carboxylic acids is 2. The fraction of sp³-hybridized carbons (Fsp3) is 0.571. The number of rotatable bonds is 3. The number of hydrogen-bond donors (Lipinski definition) is 1. The summed E-state index contributed by atoms with van der Waals surface area (Å²) < 4.78 is 0. The van der Waals surface area contributed by atoms with Gasteiger partial charge >= 0.3 is 0 Å². The van der Waals surface area contributed by atoms with Gasteiger partial charge in [0.2, 0.25) is 5.91 Å². The Kier molecular flexibility index (Phi) is 3.55. The number of anilines is 1. The number of nitrogens with zero attached hydrogens (tertiary/aromatic N) is 1. The molecule has 0 radical (unpaired) electrons. The highest BCUT2D eigenvalue weighted by molar-refractivity contribution is 7.18. The van der Waals surface area contributed by atoms with Crippen molar-refractivity contribution in [2.24, 2.45) is 5.92 Å². The van der Waals surface area contributed by atoms with Gasteiger partial charge in [0.15, 0.2) is 0 Å². The number of piperidine rings is 1. The first-order valence-corrected chi connectivity index (χ1v) is 7.75. The van der Waals surface area contributed by atoms with E-state index in [1.807, 2.05) is 17.0 Å². The molecule has 0 bridgehead atoms. The second-order valence-electron chi connectivity index (χ2n) is 5.28. The standard InChI is InChI=1S/C14H18N2O2S/c17-13(10-4-5-10)15-12-7-6-11(19-12)14(18)16-8-2-1-3-9-16/h6-7,10H,1-5,8-9H2,(H,15,17). The summed E-state index contributed by atoms with van der Waals surface area (Å²) in [6, 6.07) is 3.66. The molecule has 3 rings (SSSR count). The van der Waals surface area contributed by atoms with E-state index in [0.29, 0.717) is 0 Å². The van der Waals surface area contributed by atoms with E-state index in [2.05, 4.69) is 5.32 Å². The van der Waals surface area contributed by atoms with Crippen molar-refractivity contribution in [1.82, 2.24) is 4.90 Å². The molecule has 0 unspecified atom stereocenters. The van der Waals surface area contributed by atoms with E-state index in [1.165, 1.54) is 17.8 Å².